The third kappa shape index (κ3) is 2.78. The molecule has 0 atom stereocenters. The number of halogens is 2. The summed E-state index contributed by atoms with van der Waals surface area (Å²) in [5, 5.41) is 14.2. The van der Waals surface area contributed by atoms with Gasteiger partial charge < -0.3 is 9.84 Å². The third-order valence-corrected chi connectivity index (χ3v) is 3.48. The number of aryl methyl sites for hydroxylation is 2. The average Bonchev–Trinajstić information content (AvgIpc) is 2.83. The van der Waals surface area contributed by atoms with Crippen LogP contribution in [0.1, 0.15) is 21.7 Å². The summed E-state index contributed by atoms with van der Waals surface area (Å²) in [5.41, 5.74) is 2.14. The van der Waals surface area contributed by atoms with E-state index < -0.39 is 12.6 Å². The van der Waals surface area contributed by atoms with Crippen molar-refractivity contribution in [2.24, 2.45) is 0 Å². The second kappa shape index (κ2) is 5.88. The molecule has 0 unspecified atom stereocenters. The van der Waals surface area contributed by atoms with Gasteiger partial charge in [0.15, 0.2) is 5.65 Å². The molecule has 1 aromatic carbocycles. The molecular formula is C16H13F2N3O3. The highest BCUT2D eigenvalue weighted by Crippen LogP contribution is 2.26. The second-order valence-electron chi connectivity index (χ2n) is 5.18. The molecule has 0 saturated carbocycles. The first-order valence-electron chi connectivity index (χ1n) is 7.02. The predicted octanol–water partition coefficient (Wildman–Crippen LogP) is 3.34. The van der Waals surface area contributed by atoms with E-state index in [1.54, 1.807) is 26.0 Å². The van der Waals surface area contributed by atoms with Gasteiger partial charge in [0.2, 0.25) is 0 Å². The highest BCUT2D eigenvalue weighted by atomic mass is 19.3. The summed E-state index contributed by atoms with van der Waals surface area (Å²) < 4.78 is 30.2. The number of carboxylic acids is 1. The molecule has 3 aromatic rings. The number of aromatic nitrogens is 3. The van der Waals surface area contributed by atoms with Crippen molar-refractivity contribution >= 4 is 17.0 Å². The van der Waals surface area contributed by atoms with Crippen LogP contribution in [0.2, 0.25) is 0 Å². The molecule has 0 aliphatic carbocycles. The minimum absolute atomic E-state index is 0.0253. The maximum atomic E-state index is 12.2. The maximum Gasteiger partial charge on any atom is 0.387 e. The van der Waals surface area contributed by atoms with Crippen LogP contribution in [0.25, 0.3) is 16.7 Å². The van der Waals surface area contributed by atoms with Crippen LogP contribution in [0.4, 0.5) is 8.78 Å². The van der Waals surface area contributed by atoms with Crippen molar-refractivity contribution < 1.29 is 23.4 Å². The minimum Gasteiger partial charge on any atom is -0.478 e. The molecule has 8 heteroatoms. The molecule has 0 aliphatic rings. The van der Waals surface area contributed by atoms with E-state index in [4.69, 9.17) is 0 Å². The standard InChI is InChI=1S/C16H13F2N3O3/c1-8-7-12(15(22)23)13-9(2)20-21(14(13)19-8)10-3-5-11(6-4-10)24-16(17)18/h3-7,16H,1-2H3,(H,22,23). The Bertz CT molecular complexity index is 920. The lowest BCUT2D eigenvalue weighted by Gasteiger charge is -2.07. The van der Waals surface area contributed by atoms with Gasteiger partial charge >= 0.3 is 12.6 Å². The fourth-order valence-corrected chi connectivity index (χ4v) is 2.53. The van der Waals surface area contributed by atoms with Crippen molar-refractivity contribution in [2.75, 3.05) is 0 Å². The van der Waals surface area contributed by atoms with Gasteiger partial charge in [-0.3, -0.25) is 0 Å². The van der Waals surface area contributed by atoms with Crippen molar-refractivity contribution in [1.82, 2.24) is 14.8 Å². The second-order valence-corrected chi connectivity index (χ2v) is 5.18. The zero-order valence-electron chi connectivity index (χ0n) is 12.8. The summed E-state index contributed by atoms with van der Waals surface area (Å²) >= 11 is 0. The van der Waals surface area contributed by atoms with Gasteiger partial charge in [-0.25, -0.2) is 14.5 Å². The lowest BCUT2D eigenvalue weighted by Crippen LogP contribution is -2.03. The fourth-order valence-electron chi connectivity index (χ4n) is 2.53. The van der Waals surface area contributed by atoms with Crippen molar-refractivity contribution in [3.63, 3.8) is 0 Å². The quantitative estimate of drug-likeness (QED) is 0.792. The summed E-state index contributed by atoms with van der Waals surface area (Å²) in [6, 6.07) is 7.36. The number of pyridine rings is 1. The van der Waals surface area contributed by atoms with Crippen LogP contribution in [0.5, 0.6) is 5.75 Å². The SMILES string of the molecule is Cc1cc(C(=O)O)c2c(C)nn(-c3ccc(OC(F)F)cc3)c2n1. The van der Waals surface area contributed by atoms with Gasteiger partial charge in [-0.05, 0) is 44.2 Å². The Labute approximate surface area is 135 Å². The summed E-state index contributed by atoms with van der Waals surface area (Å²) in [6.45, 7) is 0.486. The molecule has 24 heavy (non-hydrogen) atoms. The van der Waals surface area contributed by atoms with Crippen LogP contribution in [0.3, 0.4) is 0 Å². The molecule has 1 N–H and O–H groups in total. The van der Waals surface area contributed by atoms with Crippen LogP contribution in [-0.4, -0.2) is 32.5 Å². The molecule has 0 aliphatic heterocycles. The highest BCUT2D eigenvalue weighted by molar-refractivity contribution is 6.03. The molecule has 3 rings (SSSR count). The smallest absolute Gasteiger partial charge is 0.387 e. The molecule has 0 fully saturated rings. The van der Waals surface area contributed by atoms with Gasteiger partial charge in [0.05, 0.1) is 22.3 Å². The Balaban J connectivity index is 2.15. The molecule has 0 bridgehead atoms. The average molecular weight is 333 g/mol. The third-order valence-electron chi connectivity index (χ3n) is 3.48. The summed E-state index contributed by atoms with van der Waals surface area (Å²) in [6.07, 6.45) is 0. The van der Waals surface area contributed by atoms with E-state index in [2.05, 4.69) is 14.8 Å². The Hall–Kier alpha value is -3.03. The highest BCUT2D eigenvalue weighted by Gasteiger charge is 2.19. The fraction of sp³-hybridized carbons (Fsp3) is 0.188. The maximum absolute atomic E-state index is 12.2. The Morgan fingerprint density at radius 3 is 2.50 bits per heavy atom. The summed E-state index contributed by atoms with van der Waals surface area (Å²) in [7, 11) is 0. The van der Waals surface area contributed by atoms with Crippen molar-refractivity contribution in [3.8, 4) is 11.4 Å². The van der Waals surface area contributed by atoms with Gasteiger partial charge in [0.1, 0.15) is 5.75 Å². The number of benzene rings is 1. The number of ether oxygens (including phenoxy) is 1. The number of hydrogen-bond acceptors (Lipinski definition) is 4. The number of aromatic carboxylic acids is 1. The number of hydrogen-bond donors (Lipinski definition) is 1. The number of carboxylic acid groups (broad SMARTS) is 1. The van der Waals surface area contributed by atoms with Crippen molar-refractivity contribution in [3.05, 3.63) is 47.3 Å². The lowest BCUT2D eigenvalue weighted by atomic mass is 10.1. The molecule has 2 aromatic heterocycles. The van der Waals surface area contributed by atoms with Crippen molar-refractivity contribution in [2.45, 2.75) is 20.5 Å². The van der Waals surface area contributed by atoms with E-state index in [0.717, 1.165) is 0 Å². The molecule has 0 amide bonds. The van der Waals surface area contributed by atoms with E-state index in [0.29, 0.717) is 28.1 Å². The Morgan fingerprint density at radius 1 is 1.25 bits per heavy atom. The first-order valence-corrected chi connectivity index (χ1v) is 7.02. The van der Waals surface area contributed by atoms with Gasteiger partial charge in [-0.2, -0.15) is 13.9 Å². The Morgan fingerprint density at radius 2 is 1.92 bits per heavy atom. The van der Waals surface area contributed by atoms with Crippen LogP contribution in [0.15, 0.2) is 30.3 Å². The van der Waals surface area contributed by atoms with E-state index in [1.165, 1.54) is 22.9 Å². The van der Waals surface area contributed by atoms with Crippen LogP contribution in [-0.2, 0) is 0 Å². The van der Waals surface area contributed by atoms with Crippen LogP contribution >= 0.6 is 0 Å². The van der Waals surface area contributed by atoms with Crippen LogP contribution < -0.4 is 4.74 Å². The Kier molecular flexibility index (Phi) is 3.88. The zero-order valence-corrected chi connectivity index (χ0v) is 12.8. The van der Waals surface area contributed by atoms with Gasteiger partial charge in [0, 0.05) is 5.69 Å². The summed E-state index contributed by atoms with van der Waals surface area (Å²) in [5.74, 6) is -1.04. The van der Waals surface area contributed by atoms with E-state index in [-0.39, 0.29) is 11.3 Å². The number of rotatable bonds is 4. The van der Waals surface area contributed by atoms with Gasteiger partial charge in [0.25, 0.3) is 0 Å². The first kappa shape index (κ1) is 15.9. The van der Waals surface area contributed by atoms with E-state index in [9.17, 15) is 18.7 Å². The van der Waals surface area contributed by atoms with E-state index in [1.807, 2.05) is 0 Å². The number of fused-ring (bicyclic) bond motifs is 1. The van der Waals surface area contributed by atoms with E-state index >= 15 is 0 Å². The number of alkyl halides is 2. The lowest BCUT2D eigenvalue weighted by molar-refractivity contribution is -0.0498. The monoisotopic (exact) mass is 333 g/mol. The molecular weight excluding hydrogens is 320 g/mol. The molecule has 0 spiro atoms. The summed E-state index contributed by atoms with van der Waals surface area (Å²) in [4.78, 5) is 15.8. The zero-order chi connectivity index (χ0) is 17.4. The molecule has 6 nitrogen and oxygen atoms in total. The largest absolute Gasteiger partial charge is 0.478 e. The minimum atomic E-state index is -2.90. The van der Waals surface area contributed by atoms with Crippen LogP contribution in [0, 0.1) is 13.8 Å². The number of carbonyl (C=O) groups is 1. The number of nitrogens with zero attached hydrogens (tertiary/aromatic N) is 3. The first-order chi connectivity index (χ1) is 11.4. The molecule has 124 valence electrons. The van der Waals surface area contributed by atoms with Crippen molar-refractivity contribution in [1.29, 1.82) is 0 Å². The van der Waals surface area contributed by atoms with Gasteiger partial charge in [-0.1, -0.05) is 0 Å². The normalized spacial score (nSPS) is 11.2. The molecule has 2 heterocycles. The predicted molar refractivity (Wildman–Crippen MR) is 81.9 cm³/mol. The molecule has 0 radical (unpaired) electrons. The van der Waals surface area contributed by atoms with Gasteiger partial charge in [-0.15, -0.1) is 0 Å². The topological polar surface area (TPSA) is 77.2 Å². The molecule has 0 saturated heterocycles.